The fraction of sp³-hybridized carbons (Fsp3) is 0.636. The highest BCUT2D eigenvalue weighted by Gasteiger charge is 2.19. The van der Waals surface area contributed by atoms with E-state index >= 15 is 0 Å². The Balaban J connectivity index is 2.36. The van der Waals surface area contributed by atoms with Crippen molar-refractivity contribution in [3.05, 3.63) is 12.2 Å². The summed E-state index contributed by atoms with van der Waals surface area (Å²) >= 11 is 0. The van der Waals surface area contributed by atoms with Crippen LogP contribution >= 0.6 is 0 Å². The van der Waals surface area contributed by atoms with Crippen molar-refractivity contribution in [2.75, 3.05) is 13.2 Å². The third-order valence-electron chi connectivity index (χ3n) is 2.17. The fourth-order valence-corrected chi connectivity index (χ4v) is 1.41. The van der Waals surface area contributed by atoms with Crippen LogP contribution in [0.2, 0.25) is 0 Å². The summed E-state index contributed by atoms with van der Waals surface area (Å²) in [6.07, 6.45) is 4.78. The minimum Gasteiger partial charge on any atom is -0.463 e. The third-order valence-corrected chi connectivity index (χ3v) is 2.17. The van der Waals surface area contributed by atoms with Crippen LogP contribution in [0.5, 0.6) is 0 Å². The summed E-state index contributed by atoms with van der Waals surface area (Å²) < 4.78 is 9.94. The molecule has 0 bridgehead atoms. The Labute approximate surface area is 89.2 Å². The number of ketones is 1. The van der Waals surface area contributed by atoms with Crippen molar-refractivity contribution >= 4 is 11.8 Å². The molecule has 1 unspecified atom stereocenters. The van der Waals surface area contributed by atoms with E-state index in [0.29, 0.717) is 13.2 Å². The molecule has 1 atom stereocenters. The summed E-state index contributed by atoms with van der Waals surface area (Å²) in [6.45, 7) is 2.67. The second-order valence-corrected chi connectivity index (χ2v) is 3.34. The Hall–Kier alpha value is -1.16. The van der Waals surface area contributed by atoms with E-state index in [9.17, 15) is 9.59 Å². The van der Waals surface area contributed by atoms with E-state index in [-0.39, 0.29) is 11.9 Å². The molecular formula is C11H16O4. The molecule has 1 aliphatic heterocycles. The molecule has 0 aromatic carbocycles. The molecule has 84 valence electrons. The molecular weight excluding hydrogens is 196 g/mol. The van der Waals surface area contributed by atoms with Gasteiger partial charge >= 0.3 is 5.97 Å². The van der Waals surface area contributed by atoms with Crippen LogP contribution in [0, 0.1) is 0 Å². The van der Waals surface area contributed by atoms with Crippen molar-refractivity contribution in [3.8, 4) is 0 Å². The fourth-order valence-electron chi connectivity index (χ4n) is 1.41. The second-order valence-electron chi connectivity index (χ2n) is 3.34. The molecule has 0 saturated carbocycles. The van der Waals surface area contributed by atoms with Gasteiger partial charge in [0.05, 0.1) is 6.61 Å². The lowest BCUT2D eigenvalue weighted by Gasteiger charge is -2.19. The molecule has 4 heteroatoms. The average Bonchev–Trinajstić information content (AvgIpc) is 2.27. The van der Waals surface area contributed by atoms with Gasteiger partial charge in [-0.25, -0.2) is 4.79 Å². The molecule has 0 spiro atoms. The van der Waals surface area contributed by atoms with E-state index in [1.54, 1.807) is 6.92 Å². The SMILES string of the molecule is CCOC(=O)C=CC(=O)C1CCCCO1. The number of hydrogen-bond donors (Lipinski definition) is 0. The van der Waals surface area contributed by atoms with Crippen molar-refractivity contribution in [2.24, 2.45) is 0 Å². The van der Waals surface area contributed by atoms with Gasteiger partial charge in [-0.05, 0) is 32.3 Å². The molecule has 1 saturated heterocycles. The molecule has 1 fully saturated rings. The zero-order valence-corrected chi connectivity index (χ0v) is 8.90. The van der Waals surface area contributed by atoms with Crippen molar-refractivity contribution in [2.45, 2.75) is 32.3 Å². The number of carbonyl (C=O) groups excluding carboxylic acids is 2. The van der Waals surface area contributed by atoms with Crippen LogP contribution in [0.3, 0.4) is 0 Å². The Morgan fingerprint density at radius 1 is 1.40 bits per heavy atom. The quantitative estimate of drug-likeness (QED) is 0.519. The summed E-state index contributed by atoms with van der Waals surface area (Å²) in [7, 11) is 0. The maximum Gasteiger partial charge on any atom is 0.330 e. The maximum atomic E-state index is 11.5. The lowest BCUT2D eigenvalue weighted by Crippen LogP contribution is -2.26. The summed E-state index contributed by atoms with van der Waals surface area (Å²) in [5.74, 6) is -0.635. The standard InChI is InChI=1S/C11H16O4/c1-2-14-11(13)7-6-9(12)10-5-3-4-8-15-10/h6-7,10H,2-5,8H2,1H3. The first-order chi connectivity index (χ1) is 7.24. The predicted octanol–water partition coefficient (Wildman–Crippen LogP) is 1.24. The van der Waals surface area contributed by atoms with Crippen LogP contribution in [0.1, 0.15) is 26.2 Å². The Kier molecular flexibility index (Phi) is 5.04. The number of esters is 1. The monoisotopic (exact) mass is 212 g/mol. The normalized spacial score (nSPS) is 21.5. The largest absolute Gasteiger partial charge is 0.463 e. The minimum atomic E-state index is -0.485. The lowest BCUT2D eigenvalue weighted by molar-refractivity contribution is -0.137. The predicted molar refractivity (Wildman–Crippen MR) is 54.4 cm³/mol. The van der Waals surface area contributed by atoms with Crippen LogP contribution in [0.4, 0.5) is 0 Å². The minimum absolute atomic E-state index is 0.150. The van der Waals surface area contributed by atoms with E-state index in [0.717, 1.165) is 25.3 Å². The molecule has 0 amide bonds. The van der Waals surface area contributed by atoms with Gasteiger partial charge in [0.15, 0.2) is 5.78 Å². The molecule has 0 aromatic heterocycles. The topological polar surface area (TPSA) is 52.6 Å². The molecule has 0 radical (unpaired) electrons. The molecule has 0 aromatic rings. The van der Waals surface area contributed by atoms with Crippen molar-refractivity contribution < 1.29 is 19.1 Å². The summed E-state index contributed by atoms with van der Waals surface area (Å²) in [4.78, 5) is 22.4. The summed E-state index contributed by atoms with van der Waals surface area (Å²) in [5, 5.41) is 0. The first kappa shape index (κ1) is 11.9. The van der Waals surface area contributed by atoms with Gasteiger partial charge in [-0.3, -0.25) is 4.79 Å². The number of ether oxygens (including phenoxy) is 2. The van der Waals surface area contributed by atoms with E-state index in [1.807, 2.05) is 0 Å². The number of rotatable bonds is 4. The van der Waals surface area contributed by atoms with Crippen LogP contribution < -0.4 is 0 Å². The average molecular weight is 212 g/mol. The number of hydrogen-bond acceptors (Lipinski definition) is 4. The zero-order chi connectivity index (χ0) is 11.1. The van der Waals surface area contributed by atoms with Gasteiger partial charge < -0.3 is 9.47 Å². The van der Waals surface area contributed by atoms with Gasteiger partial charge in [-0.2, -0.15) is 0 Å². The van der Waals surface area contributed by atoms with Gasteiger partial charge in [0.1, 0.15) is 6.10 Å². The van der Waals surface area contributed by atoms with E-state index in [2.05, 4.69) is 4.74 Å². The molecule has 0 N–H and O–H groups in total. The van der Waals surface area contributed by atoms with Crippen LogP contribution in [0.15, 0.2) is 12.2 Å². The first-order valence-corrected chi connectivity index (χ1v) is 5.24. The van der Waals surface area contributed by atoms with Gasteiger partial charge in [0.25, 0.3) is 0 Å². The first-order valence-electron chi connectivity index (χ1n) is 5.24. The van der Waals surface area contributed by atoms with Gasteiger partial charge in [0, 0.05) is 12.7 Å². The van der Waals surface area contributed by atoms with Crippen molar-refractivity contribution in [1.29, 1.82) is 0 Å². The van der Waals surface area contributed by atoms with Gasteiger partial charge in [-0.1, -0.05) is 0 Å². The molecule has 15 heavy (non-hydrogen) atoms. The van der Waals surface area contributed by atoms with Crippen molar-refractivity contribution in [1.82, 2.24) is 0 Å². The number of carbonyl (C=O) groups is 2. The van der Waals surface area contributed by atoms with Crippen LogP contribution in [-0.4, -0.2) is 31.1 Å². The Bertz CT molecular complexity index is 251. The van der Waals surface area contributed by atoms with E-state index in [1.165, 1.54) is 6.08 Å². The van der Waals surface area contributed by atoms with E-state index < -0.39 is 5.97 Å². The molecule has 1 rings (SSSR count). The highest BCUT2D eigenvalue weighted by molar-refractivity contribution is 5.98. The van der Waals surface area contributed by atoms with Crippen molar-refractivity contribution in [3.63, 3.8) is 0 Å². The lowest BCUT2D eigenvalue weighted by atomic mass is 10.1. The Morgan fingerprint density at radius 2 is 2.20 bits per heavy atom. The molecule has 0 aliphatic carbocycles. The maximum absolute atomic E-state index is 11.5. The van der Waals surface area contributed by atoms with E-state index in [4.69, 9.17) is 4.74 Å². The summed E-state index contributed by atoms with van der Waals surface area (Å²) in [6, 6.07) is 0. The van der Waals surface area contributed by atoms with Crippen LogP contribution in [-0.2, 0) is 19.1 Å². The van der Waals surface area contributed by atoms with Crippen LogP contribution in [0.25, 0.3) is 0 Å². The molecule has 4 nitrogen and oxygen atoms in total. The second kappa shape index (κ2) is 6.35. The highest BCUT2D eigenvalue weighted by Crippen LogP contribution is 2.13. The Morgan fingerprint density at radius 3 is 2.80 bits per heavy atom. The van der Waals surface area contributed by atoms with Gasteiger partial charge in [-0.15, -0.1) is 0 Å². The smallest absolute Gasteiger partial charge is 0.330 e. The molecule has 1 aliphatic rings. The molecule has 1 heterocycles. The van der Waals surface area contributed by atoms with Gasteiger partial charge in [0.2, 0.25) is 0 Å². The summed E-state index contributed by atoms with van der Waals surface area (Å²) in [5.41, 5.74) is 0. The third kappa shape index (κ3) is 4.25. The highest BCUT2D eigenvalue weighted by atomic mass is 16.5. The zero-order valence-electron chi connectivity index (χ0n) is 8.90.